The quantitative estimate of drug-likeness (QED) is 0.697. The van der Waals surface area contributed by atoms with Gasteiger partial charge in [0.05, 0.1) is 0 Å². The average molecular weight is 335 g/mol. The van der Waals surface area contributed by atoms with E-state index < -0.39 is 0 Å². The monoisotopic (exact) mass is 334 g/mol. The van der Waals surface area contributed by atoms with Gasteiger partial charge in [-0.05, 0) is 50.4 Å². The first-order valence-corrected chi connectivity index (χ1v) is 9.80. The van der Waals surface area contributed by atoms with Crippen molar-refractivity contribution in [2.45, 2.75) is 84.1 Å². The molecule has 0 aromatic carbocycles. The molecule has 2 aliphatic carbocycles. The zero-order valence-electron chi connectivity index (χ0n) is 15.4. The van der Waals surface area contributed by atoms with E-state index in [0.29, 0.717) is 31.2 Å². The molecular weight excluding hydrogens is 300 g/mol. The van der Waals surface area contributed by atoms with Crippen LogP contribution < -0.4 is 10.6 Å². The summed E-state index contributed by atoms with van der Waals surface area (Å²) in [6.07, 6.45) is 12.3. The number of carbonyl (C=O) groups excluding carboxylic acids is 2. The van der Waals surface area contributed by atoms with Crippen molar-refractivity contribution in [3.8, 4) is 0 Å². The van der Waals surface area contributed by atoms with Crippen LogP contribution in [0.4, 0.5) is 0 Å². The highest BCUT2D eigenvalue weighted by Crippen LogP contribution is 2.29. The fraction of sp³-hybridized carbons (Fsp3) is 0.800. The Bertz CT molecular complexity index is 459. The molecule has 0 bridgehead atoms. The first-order valence-electron chi connectivity index (χ1n) is 9.80. The number of hydrogen-bond acceptors (Lipinski definition) is 2. The predicted octanol–water partition coefficient (Wildman–Crippen LogP) is 3.71. The number of amides is 2. The van der Waals surface area contributed by atoms with Gasteiger partial charge in [-0.1, -0.05) is 38.3 Å². The third-order valence-electron chi connectivity index (χ3n) is 5.79. The summed E-state index contributed by atoms with van der Waals surface area (Å²) < 4.78 is 0. The summed E-state index contributed by atoms with van der Waals surface area (Å²) >= 11 is 0. The summed E-state index contributed by atoms with van der Waals surface area (Å²) in [6.45, 7) is 5.18. The Morgan fingerprint density at radius 1 is 1.08 bits per heavy atom. The lowest BCUT2D eigenvalue weighted by Gasteiger charge is -2.34. The van der Waals surface area contributed by atoms with Crippen LogP contribution in [0.3, 0.4) is 0 Å². The average Bonchev–Trinajstić information content (AvgIpc) is 2.58. The van der Waals surface area contributed by atoms with Crippen LogP contribution >= 0.6 is 0 Å². The molecule has 0 radical (unpaired) electrons. The molecule has 0 aromatic rings. The van der Waals surface area contributed by atoms with Gasteiger partial charge in [0.25, 0.3) is 0 Å². The fourth-order valence-electron chi connectivity index (χ4n) is 3.87. The van der Waals surface area contributed by atoms with E-state index >= 15 is 0 Å². The molecule has 0 aromatic heterocycles. The van der Waals surface area contributed by atoms with Crippen LogP contribution in [0.1, 0.15) is 78.1 Å². The number of hydrogen-bond donors (Lipinski definition) is 2. The van der Waals surface area contributed by atoms with E-state index in [9.17, 15) is 9.59 Å². The summed E-state index contributed by atoms with van der Waals surface area (Å²) in [5.41, 5.74) is 1.47. The molecular formula is C20H34N2O2. The van der Waals surface area contributed by atoms with Gasteiger partial charge in [-0.3, -0.25) is 9.59 Å². The zero-order chi connectivity index (χ0) is 17.4. The lowest BCUT2D eigenvalue weighted by molar-refractivity contribution is -0.127. The van der Waals surface area contributed by atoms with Crippen molar-refractivity contribution >= 4 is 11.8 Å². The van der Waals surface area contributed by atoms with Crippen molar-refractivity contribution < 1.29 is 9.59 Å². The highest BCUT2D eigenvalue weighted by molar-refractivity contribution is 5.83. The van der Waals surface area contributed by atoms with Gasteiger partial charge in [-0.2, -0.15) is 0 Å². The molecule has 4 heteroatoms. The Hall–Kier alpha value is -1.32. The van der Waals surface area contributed by atoms with Gasteiger partial charge in [0.2, 0.25) is 11.8 Å². The molecule has 1 fully saturated rings. The van der Waals surface area contributed by atoms with E-state index in [0.717, 1.165) is 12.8 Å². The van der Waals surface area contributed by atoms with Crippen molar-refractivity contribution in [1.82, 2.24) is 10.6 Å². The molecule has 24 heavy (non-hydrogen) atoms. The normalized spacial score (nSPS) is 27.2. The maximum atomic E-state index is 12.1. The van der Waals surface area contributed by atoms with E-state index in [1.165, 1.54) is 44.1 Å². The summed E-state index contributed by atoms with van der Waals surface area (Å²) in [7, 11) is 0. The van der Waals surface area contributed by atoms with E-state index in [1.54, 1.807) is 0 Å². The minimum Gasteiger partial charge on any atom is -0.356 e. The van der Waals surface area contributed by atoms with Crippen molar-refractivity contribution in [2.75, 3.05) is 6.54 Å². The SMILES string of the molecule is C[C@@H]1[C@H](C)CCC[C@@H]1NC(=O)CCC(=O)NCCC1=CCCCC1. The topological polar surface area (TPSA) is 58.2 Å². The summed E-state index contributed by atoms with van der Waals surface area (Å²) in [4.78, 5) is 24.0. The number of rotatable bonds is 7. The predicted molar refractivity (Wildman–Crippen MR) is 97.5 cm³/mol. The highest BCUT2D eigenvalue weighted by atomic mass is 16.2. The van der Waals surface area contributed by atoms with Crippen LogP contribution in [-0.2, 0) is 9.59 Å². The van der Waals surface area contributed by atoms with Gasteiger partial charge >= 0.3 is 0 Å². The van der Waals surface area contributed by atoms with Crippen LogP contribution in [0.25, 0.3) is 0 Å². The molecule has 0 aliphatic heterocycles. The summed E-state index contributed by atoms with van der Waals surface area (Å²) in [6, 6.07) is 0.280. The molecule has 0 spiro atoms. The Morgan fingerprint density at radius 2 is 1.88 bits per heavy atom. The van der Waals surface area contributed by atoms with Crippen molar-refractivity contribution in [1.29, 1.82) is 0 Å². The first-order chi connectivity index (χ1) is 11.6. The van der Waals surface area contributed by atoms with Crippen LogP contribution in [0.2, 0.25) is 0 Å². The van der Waals surface area contributed by atoms with E-state index in [-0.39, 0.29) is 17.9 Å². The van der Waals surface area contributed by atoms with Gasteiger partial charge in [0, 0.05) is 25.4 Å². The molecule has 2 N–H and O–H groups in total. The van der Waals surface area contributed by atoms with Crippen LogP contribution in [0.15, 0.2) is 11.6 Å². The van der Waals surface area contributed by atoms with E-state index in [1.807, 2.05) is 0 Å². The molecule has 4 nitrogen and oxygen atoms in total. The standard InChI is InChI=1S/C20H34N2O2/c1-15-7-6-10-18(16(15)2)22-20(24)12-11-19(23)21-14-13-17-8-4-3-5-9-17/h8,15-16,18H,3-7,9-14H2,1-2H3,(H,21,23)(H,22,24)/t15-,16-,18+/m1/s1. The maximum Gasteiger partial charge on any atom is 0.220 e. The third-order valence-corrected chi connectivity index (χ3v) is 5.79. The van der Waals surface area contributed by atoms with E-state index in [2.05, 4.69) is 30.6 Å². The van der Waals surface area contributed by atoms with Gasteiger partial charge < -0.3 is 10.6 Å². The third kappa shape index (κ3) is 6.29. The van der Waals surface area contributed by atoms with Crippen molar-refractivity contribution in [2.24, 2.45) is 11.8 Å². The van der Waals surface area contributed by atoms with Crippen LogP contribution in [0, 0.1) is 11.8 Å². The molecule has 1 saturated carbocycles. The molecule has 2 rings (SSSR count). The largest absolute Gasteiger partial charge is 0.356 e. The summed E-state index contributed by atoms with van der Waals surface area (Å²) in [5.74, 6) is 1.21. The number of nitrogens with one attached hydrogen (secondary N) is 2. The fourth-order valence-corrected chi connectivity index (χ4v) is 3.87. The minimum atomic E-state index is -0.00776. The van der Waals surface area contributed by atoms with Gasteiger partial charge in [-0.25, -0.2) is 0 Å². The van der Waals surface area contributed by atoms with Crippen LogP contribution in [0.5, 0.6) is 0 Å². The van der Waals surface area contributed by atoms with E-state index in [4.69, 9.17) is 0 Å². The lowest BCUT2D eigenvalue weighted by Crippen LogP contribution is -2.43. The molecule has 0 unspecified atom stereocenters. The molecule has 136 valence electrons. The smallest absolute Gasteiger partial charge is 0.220 e. The Morgan fingerprint density at radius 3 is 2.62 bits per heavy atom. The minimum absolute atomic E-state index is 0.00776. The Labute approximate surface area is 146 Å². The van der Waals surface area contributed by atoms with Crippen molar-refractivity contribution in [3.05, 3.63) is 11.6 Å². The molecule has 2 aliphatic rings. The van der Waals surface area contributed by atoms with Crippen LogP contribution in [-0.4, -0.2) is 24.4 Å². The maximum absolute atomic E-state index is 12.1. The second-order valence-electron chi connectivity index (χ2n) is 7.65. The van der Waals surface area contributed by atoms with Gasteiger partial charge in [0.1, 0.15) is 0 Å². The number of allylic oxidation sites excluding steroid dienone is 1. The highest BCUT2D eigenvalue weighted by Gasteiger charge is 2.28. The Kier molecular flexibility index (Phi) is 7.80. The number of carbonyl (C=O) groups is 2. The molecule has 0 heterocycles. The second kappa shape index (κ2) is 9.85. The van der Waals surface area contributed by atoms with Crippen molar-refractivity contribution in [3.63, 3.8) is 0 Å². The molecule has 3 atom stereocenters. The second-order valence-corrected chi connectivity index (χ2v) is 7.65. The molecule has 0 saturated heterocycles. The van der Waals surface area contributed by atoms with Gasteiger partial charge in [0.15, 0.2) is 0 Å². The Balaban J connectivity index is 1.59. The summed E-state index contributed by atoms with van der Waals surface area (Å²) in [5, 5.41) is 6.08. The molecule has 2 amide bonds. The zero-order valence-corrected chi connectivity index (χ0v) is 15.4. The lowest BCUT2D eigenvalue weighted by atomic mass is 9.78. The first kappa shape index (κ1) is 19.0. The van der Waals surface area contributed by atoms with Gasteiger partial charge in [-0.15, -0.1) is 0 Å².